The Morgan fingerprint density at radius 2 is 1.86 bits per heavy atom. The summed E-state index contributed by atoms with van der Waals surface area (Å²) in [5.74, 6) is 0. The van der Waals surface area contributed by atoms with Crippen molar-refractivity contribution in [2.75, 3.05) is 13.8 Å². The topological polar surface area (TPSA) is 49.4 Å². The van der Waals surface area contributed by atoms with Crippen molar-refractivity contribution in [2.45, 2.75) is 0 Å². The van der Waals surface area contributed by atoms with Crippen molar-refractivity contribution in [3.05, 3.63) is 0 Å². The van der Waals surface area contributed by atoms with Crippen molar-refractivity contribution in [1.82, 2.24) is 0 Å². The fourth-order valence-electron chi connectivity index (χ4n) is 0. The average Bonchev–Trinajstić information content (AvgIpc) is 1.35. The van der Waals surface area contributed by atoms with E-state index in [1.54, 1.807) is 0 Å². The van der Waals surface area contributed by atoms with E-state index >= 15 is 0 Å². The van der Waals surface area contributed by atoms with Gasteiger partial charge in [0.15, 0.2) is 0 Å². The van der Waals surface area contributed by atoms with E-state index in [0.717, 1.165) is 13.8 Å². The Morgan fingerprint density at radius 3 is 1.86 bits per heavy atom. The van der Waals surface area contributed by atoms with Gasteiger partial charge >= 0.3 is 18.9 Å². The molecule has 5 heteroatoms. The van der Waals surface area contributed by atoms with Gasteiger partial charge in [-0.25, -0.2) is 0 Å². The smallest absolute Gasteiger partial charge is 0.779 e. The van der Waals surface area contributed by atoms with Crippen molar-refractivity contribution >= 4 is 7.60 Å². The largest absolute Gasteiger partial charge is 1.00 e. The van der Waals surface area contributed by atoms with Crippen molar-refractivity contribution in [1.29, 1.82) is 0 Å². The van der Waals surface area contributed by atoms with Crippen molar-refractivity contribution < 1.29 is 32.8 Å². The van der Waals surface area contributed by atoms with Crippen LogP contribution in [-0.2, 0) is 9.09 Å². The van der Waals surface area contributed by atoms with Gasteiger partial charge in [-0.05, 0) is 0 Å². The van der Waals surface area contributed by atoms with Gasteiger partial charge < -0.3 is 14.0 Å². The van der Waals surface area contributed by atoms with Gasteiger partial charge in [-0.2, -0.15) is 0 Å². The first-order chi connectivity index (χ1) is 2.56. The molecule has 0 N–H and O–H groups in total. The summed E-state index contributed by atoms with van der Waals surface area (Å²) in [6.07, 6.45) is 0. The van der Waals surface area contributed by atoms with Crippen LogP contribution in [0.2, 0.25) is 0 Å². The molecule has 0 saturated carbocycles. The third kappa shape index (κ3) is 10.8. The zero-order chi connectivity index (χ0) is 5.21. The predicted molar refractivity (Wildman–Crippen MR) is 20.5 cm³/mol. The standard InChI is InChI=1S/C2H7O3P.Li/c1-5-6(2,3)4;/h1-2H3,(H,3,4);/q;+1/p-1. The quantitative estimate of drug-likeness (QED) is 0.268. The summed E-state index contributed by atoms with van der Waals surface area (Å²) in [7, 11) is -2.26. The first kappa shape index (κ1) is 10.7. The second kappa shape index (κ2) is 3.71. The van der Waals surface area contributed by atoms with Gasteiger partial charge in [0.05, 0.1) is 0 Å². The molecule has 0 heterocycles. The summed E-state index contributed by atoms with van der Waals surface area (Å²) in [6, 6.07) is 0. The summed E-state index contributed by atoms with van der Waals surface area (Å²) >= 11 is 0. The van der Waals surface area contributed by atoms with Gasteiger partial charge in [0.1, 0.15) is 7.60 Å². The van der Waals surface area contributed by atoms with E-state index in [4.69, 9.17) is 0 Å². The number of hydrogen-bond donors (Lipinski definition) is 0. The molecule has 0 saturated heterocycles. The van der Waals surface area contributed by atoms with E-state index in [9.17, 15) is 9.46 Å². The normalized spacial score (nSPS) is 17.0. The van der Waals surface area contributed by atoms with Crippen LogP contribution in [0.15, 0.2) is 0 Å². The van der Waals surface area contributed by atoms with Gasteiger partial charge in [0, 0.05) is 13.8 Å². The maximum absolute atomic E-state index is 9.81. The molecule has 0 amide bonds. The molecule has 7 heavy (non-hydrogen) atoms. The Hall–Kier alpha value is 0.747. The molecular formula is C2H6LiO3P. The van der Waals surface area contributed by atoms with Gasteiger partial charge in [-0.15, -0.1) is 0 Å². The van der Waals surface area contributed by atoms with Crippen LogP contribution < -0.4 is 23.8 Å². The molecule has 0 aromatic rings. The third-order valence-corrected chi connectivity index (χ3v) is 0.995. The van der Waals surface area contributed by atoms with Crippen LogP contribution in [0.3, 0.4) is 0 Å². The predicted octanol–water partition coefficient (Wildman–Crippen LogP) is -3.18. The molecular weight excluding hydrogens is 110 g/mol. The van der Waals surface area contributed by atoms with Crippen LogP contribution in [0.4, 0.5) is 0 Å². The fraction of sp³-hybridized carbons (Fsp3) is 1.00. The summed E-state index contributed by atoms with van der Waals surface area (Å²) in [5.41, 5.74) is 0. The molecule has 0 aromatic carbocycles. The molecule has 1 atom stereocenters. The van der Waals surface area contributed by atoms with Gasteiger partial charge in [-0.3, -0.25) is 0 Å². The average molecular weight is 116 g/mol. The van der Waals surface area contributed by atoms with Crippen LogP contribution in [0, 0.1) is 0 Å². The minimum absolute atomic E-state index is 0. The van der Waals surface area contributed by atoms with E-state index in [1.165, 1.54) is 0 Å². The molecule has 0 aliphatic carbocycles. The Labute approximate surface area is 54.8 Å². The molecule has 0 aliphatic heterocycles. The number of hydrogen-bond acceptors (Lipinski definition) is 3. The van der Waals surface area contributed by atoms with Gasteiger partial charge in [0.2, 0.25) is 0 Å². The monoisotopic (exact) mass is 116 g/mol. The molecule has 0 bridgehead atoms. The first-order valence-electron chi connectivity index (χ1n) is 1.40. The summed E-state index contributed by atoms with van der Waals surface area (Å²) < 4.78 is 13.7. The third-order valence-electron chi connectivity index (χ3n) is 0.332. The Morgan fingerprint density at radius 1 is 1.71 bits per heavy atom. The maximum Gasteiger partial charge on any atom is 1.00 e. The van der Waals surface area contributed by atoms with Crippen LogP contribution in [0.1, 0.15) is 0 Å². The zero-order valence-electron chi connectivity index (χ0n) is 4.67. The fourth-order valence-corrected chi connectivity index (χ4v) is 0. The minimum Gasteiger partial charge on any atom is -0.779 e. The van der Waals surface area contributed by atoms with Crippen molar-refractivity contribution in [3.63, 3.8) is 0 Å². The van der Waals surface area contributed by atoms with E-state index < -0.39 is 7.60 Å². The Balaban J connectivity index is 0. The molecule has 38 valence electrons. The molecule has 0 aromatic heterocycles. The number of rotatable bonds is 1. The summed E-state index contributed by atoms with van der Waals surface area (Å²) in [4.78, 5) is 9.81. The SMILES string of the molecule is COP(C)(=O)[O-].[Li+]. The summed E-state index contributed by atoms with van der Waals surface area (Å²) in [5, 5.41) is 0. The zero-order valence-corrected chi connectivity index (χ0v) is 5.57. The molecule has 3 nitrogen and oxygen atoms in total. The Bertz CT molecular complexity index is 77.0. The van der Waals surface area contributed by atoms with E-state index in [1.807, 2.05) is 0 Å². The summed E-state index contributed by atoms with van der Waals surface area (Å²) in [6.45, 7) is 1.02. The minimum atomic E-state index is -3.40. The second-order valence-electron chi connectivity index (χ2n) is 0.954. The maximum atomic E-state index is 9.81. The van der Waals surface area contributed by atoms with Crippen molar-refractivity contribution in [2.24, 2.45) is 0 Å². The molecule has 0 rings (SSSR count). The first-order valence-corrected chi connectivity index (χ1v) is 3.39. The van der Waals surface area contributed by atoms with Gasteiger partial charge in [-0.1, -0.05) is 0 Å². The molecule has 0 aliphatic rings. The molecule has 0 radical (unpaired) electrons. The van der Waals surface area contributed by atoms with Crippen LogP contribution >= 0.6 is 7.60 Å². The molecule has 0 spiro atoms. The second-order valence-corrected chi connectivity index (χ2v) is 2.86. The van der Waals surface area contributed by atoms with Crippen LogP contribution in [-0.4, -0.2) is 13.8 Å². The molecule has 0 fully saturated rings. The van der Waals surface area contributed by atoms with E-state index in [2.05, 4.69) is 4.52 Å². The van der Waals surface area contributed by atoms with Gasteiger partial charge in [0.25, 0.3) is 0 Å². The van der Waals surface area contributed by atoms with E-state index in [-0.39, 0.29) is 18.9 Å². The van der Waals surface area contributed by atoms with Crippen molar-refractivity contribution in [3.8, 4) is 0 Å². The van der Waals surface area contributed by atoms with Crippen LogP contribution in [0.5, 0.6) is 0 Å². The molecule has 1 unspecified atom stereocenters. The van der Waals surface area contributed by atoms with Crippen LogP contribution in [0.25, 0.3) is 0 Å². The van der Waals surface area contributed by atoms with E-state index in [0.29, 0.717) is 0 Å². The Kier molecular flexibility index (Phi) is 5.66.